The van der Waals surface area contributed by atoms with Crippen LogP contribution in [0, 0.1) is 0 Å². The molecule has 0 aliphatic rings. The van der Waals surface area contributed by atoms with E-state index in [0.29, 0.717) is 5.57 Å². The second-order valence-corrected chi connectivity index (χ2v) is 5.53. The Hall–Kier alpha value is -1.61. The van der Waals surface area contributed by atoms with Crippen molar-refractivity contribution in [2.75, 3.05) is 21.2 Å². The fourth-order valence-electron chi connectivity index (χ4n) is 1.93. The SMILES string of the molecule is C=CC(=C)CC/C=C(\C)CC(/C=C(\C)C(=O)OC)N(C)C. The molecule has 1 atom stereocenters. The molecule has 0 rings (SSSR count). The van der Waals surface area contributed by atoms with E-state index in [1.807, 2.05) is 20.2 Å². The maximum Gasteiger partial charge on any atom is 0.333 e. The third-order valence-electron chi connectivity index (χ3n) is 3.39. The average molecular weight is 291 g/mol. The molecule has 0 bridgehead atoms. The van der Waals surface area contributed by atoms with E-state index in [4.69, 9.17) is 4.74 Å². The summed E-state index contributed by atoms with van der Waals surface area (Å²) in [6.07, 6.45) is 8.79. The van der Waals surface area contributed by atoms with E-state index in [9.17, 15) is 4.79 Å². The van der Waals surface area contributed by atoms with Crippen LogP contribution >= 0.6 is 0 Å². The fraction of sp³-hybridized carbons (Fsp3) is 0.500. The van der Waals surface area contributed by atoms with E-state index in [-0.39, 0.29) is 12.0 Å². The van der Waals surface area contributed by atoms with Crippen molar-refractivity contribution in [3.63, 3.8) is 0 Å². The van der Waals surface area contributed by atoms with E-state index in [1.54, 1.807) is 13.0 Å². The smallest absolute Gasteiger partial charge is 0.333 e. The molecule has 0 aliphatic carbocycles. The van der Waals surface area contributed by atoms with Crippen LogP contribution in [0.25, 0.3) is 0 Å². The molecule has 0 spiro atoms. The van der Waals surface area contributed by atoms with Crippen molar-refractivity contribution in [2.24, 2.45) is 0 Å². The molecule has 0 saturated heterocycles. The lowest BCUT2D eigenvalue weighted by Crippen LogP contribution is -2.27. The zero-order valence-electron chi connectivity index (χ0n) is 14.1. The number of esters is 1. The van der Waals surface area contributed by atoms with Gasteiger partial charge in [0, 0.05) is 11.6 Å². The Bertz CT molecular complexity index is 430. The van der Waals surface area contributed by atoms with Gasteiger partial charge in [-0.3, -0.25) is 0 Å². The molecule has 3 heteroatoms. The molecular formula is C18H29NO2. The molecule has 0 radical (unpaired) electrons. The molecule has 0 aromatic carbocycles. The quantitative estimate of drug-likeness (QED) is 0.279. The summed E-state index contributed by atoms with van der Waals surface area (Å²) in [5.41, 5.74) is 3.01. The lowest BCUT2D eigenvalue weighted by Gasteiger charge is -2.22. The fourth-order valence-corrected chi connectivity index (χ4v) is 1.93. The number of nitrogens with zero attached hydrogens (tertiary/aromatic N) is 1. The Morgan fingerprint density at radius 3 is 2.43 bits per heavy atom. The van der Waals surface area contributed by atoms with Gasteiger partial charge < -0.3 is 9.64 Å². The zero-order chi connectivity index (χ0) is 16.4. The normalized spacial score (nSPS) is 14.0. The lowest BCUT2D eigenvalue weighted by molar-refractivity contribution is -0.136. The summed E-state index contributed by atoms with van der Waals surface area (Å²) in [5.74, 6) is -0.272. The van der Waals surface area contributed by atoms with Gasteiger partial charge in [0.1, 0.15) is 0 Å². The Balaban J connectivity index is 4.70. The first-order valence-corrected chi connectivity index (χ1v) is 7.20. The third-order valence-corrected chi connectivity index (χ3v) is 3.39. The monoisotopic (exact) mass is 291 g/mol. The molecule has 0 aliphatic heterocycles. The second kappa shape index (κ2) is 10.2. The number of allylic oxidation sites excluding steroid dienone is 3. The first-order valence-electron chi connectivity index (χ1n) is 7.20. The van der Waals surface area contributed by atoms with Gasteiger partial charge in [-0.05, 0) is 47.2 Å². The highest BCUT2D eigenvalue weighted by Gasteiger charge is 2.12. The summed E-state index contributed by atoms with van der Waals surface area (Å²) in [6, 6.07) is 0.183. The lowest BCUT2D eigenvalue weighted by atomic mass is 10.0. The largest absolute Gasteiger partial charge is 0.466 e. The molecule has 21 heavy (non-hydrogen) atoms. The second-order valence-electron chi connectivity index (χ2n) is 5.53. The highest BCUT2D eigenvalue weighted by molar-refractivity contribution is 5.87. The van der Waals surface area contributed by atoms with Crippen molar-refractivity contribution in [3.05, 3.63) is 48.1 Å². The Morgan fingerprint density at radius 2 is 1.95 bits per heavy atom. The first kappa shape index (κ1) is 19.4. The van der Waals surface area contributed by atoms with Crippen LogP contribution in [-0.2, 0) is 9.53 Å². The Morgan fingerprint density at radius 1 is 1.33 bits per heavy atom. The van der Waals surface area contributed by atoms with Crippen LogP contribution in [-0.4, -0.2) is 38.1 Å². The van der Waals surface area contributed by atoms with Crippen LogP contribution in [0.15, 0.2) is 48.1 Å². The van der Waals surface area contributed by atoms with Crippen LogP contribution in [0.4, 0.5) is 0 Å². The summed E-state index contributed by atoms with van der Waals surface area (Å²) < 4.78 is 4.74. The number of carbonyl (C=O) groups is 1. The highest BCUT2D eigenvalue weighted by Crippen LogP contribution is 2.15. The van der Waals surface area contributed by atoms with Gasteiger partial charge in [-0.2, -0.15) is 0 Å². The van der Waals surface area contributed by atoms with Gasteiger partial charge in [-0.1, -0.05) is 42.5 Å². The molecule has 0 aromatic rings. The molecule has 0 fully saturated rings. The molecule has 0 aromatic heterocycles. The maximum absolute atomic E-state index is 11.5. The summed E-state index contributed by atoms with van der Waals surface area (Å²) in [7, 11) is 5.43. The van der Waals surface area contributed by atoms with Crippen molar-refractivity contribution in [1.82, 2.24) is 4.90 Å². The number of ether oxygens (including phenoxy) is 1. The Labute approximate surface area is 129 Å². The van der Waals surface area contributed by atoms with Crippen LogP contribution in [0.5, 0.6) is 0 Å². The number of methoxy groups -OCH3 is 1. The molecular weight excluding hydrogens is 262 g/mol. The van der Waals surface area contributed by atoms with Gasteiger partial charge in [0.2, 0.25) is 0 Å². The van der Waals surface area contributed by atoms with Gasteiger partial charge in [0.15, 0.2) is 0 Å². The Kier molecular flexibility index (Phi) is 9.39. The van der Waals surface area contributed by atoms with Crippen molar-refractivity contribution in [2.45, 2.75) is 39.2 Å². The van der Waals surface area contributed by atoms with Crippen molar-refractivity contribution in [3.8, 4) is 0 Å². The molecule has 0 heterocycles. The van der Waals surface area contributed by atoms with Crippen molar-refractivity contribution in [1.29, 1.82) is 0 Å². The number of hydrogen-bond acceptors (Lipinski definition) is 3. The van der Waals surface area contributed by atoms with E-state index in [1.165, 1.54) is 12.7 Å². The van der Waals surface area contributed by atoms with Crippen LogP contribution in [0.3, 0.4) is 0 Å². The molecule has 0 amide bonds. The standard InChI is InChI=1S/C18H29NO2/c1-8-14(2)10-9-11-15(3)12-17(19(5)6)13-16(4)18(20)21-7/h8,11,13,17H,1-2,9-10,12H2,3-7H3/b15-11+,16-13+. The zero-order valence-corrected chi connectivity index (χ0v) is 14.1. The van der Waals surface area contributed by atoms with E-state index in [2.05, 4.69) is 31.1 Å². The van der Waals surface area contributed by atoms with Crippen LogP contribution in [0.2, 0.25) is 0 Å². The average Bonchev–Trinajstić information content (AvgIpc) is 2.44. The summed E-state index contributed by atoms with van der Waals surface area (Å²) in [5, 5.41) is 0. The minimum Gasteiger partial charge on any atom is -0.466 e. The predicted octanol–water partition coefficient (Wildman–Crippen LogP) is 3.89. The first-order chi connectivity index (χ1) is 9.81. The predicted molar refractivity (Wildman–Crippen MR) is 90.2 cm³/mol. The molecule has 118 valence electrons. The van der Waals surface area contributed by atoms with Gasteiger partial charge >= 0.3 is 5.97 Å². The summed E-state index contributed by atoms with van der Waals surface area (Å²) in [6.45, 7) is 11.5. The minimum atomic E-state index is -0.272. The maximum atomic E-state index is 11.5. The minimum absolute atomic E-state index is 0.183. The van der Waals surface area contributed by atoms with Gasteiger partial charge in [-0.15, -0.1) is 0 Å². The van der Waals surface area contributed by atoms with Gasteiger partial charge in [0.25, 0.3) is 0 Å². The molecule has 0 saturated carbocycles. The highest BCUT2D eigenvalue weighted by atomic mass is 16.5. The van der Waals surface area contributed by atoms with Crippen LogP contribution in [0.1, 0.15) is 33.1 Å². The van der Waals surface area contributed by atoms with E-state index >= 15 is 0 Å². The molecule has 3 nitrogen and oxygen atoms in total. The number of hydrogen-bond donors (Lipinski definition) is 0. The van der Waals surface area contributed by atoms with Crippen molar-refractivity contribution < 1.29 is 9.53 Å². The number of rotatable bonds is 9. The topological polar surface area (TPSA) is 29.5 Å². The summed E-state index contributed by atoms with van der Waals surface area (Å²) in [4.78, 5) is 13.6. The molecule has 1 unspecified atom stereocenters. The van der Waals surface area contributed by atoms with Gasteiger partial charge in [-0.25, -0.2) is 4.79 Å². The molecule has 0 N–H and O–H groups in total. The summed E-state index contributed by atoms with van der Waals surface area (Å²) >= 11 is 0. The van der Waals surface area contributed by atoms with E-state index < -0.39 is 0 Å². The third kappa shape index (κ3) is 8.30. The number of carbonyl (C=O) groups excluding carboxylic acids is 1. The van der Waals surface area contributed by atoms with Gasteiger partial charge in [0.05, 0.1) is 7.11 Å². The van der Waals surface area contributed by atoms with E-state index in [0.717, 1.165) is 24.8 Å². The van der Waals surface area contributed by atoms with Crippen molar-refractivity contribution >= 4 is 5.97 Å². The number of likely N-dealkylation sites (N-methyl/N-ethyl adjacent to an activating group) is 1. The van der Waals surface area contributed by atoms with Crippen LogP contribution < -0.4 is 0 Å².